The fourth-order valence-corrected chi connectivity index (χ4v) is 2.19. The molecular weight excluding hydrogens is 278 g/mol. The van der Waals surface area contributed by atoms with Gasteiger partial charge in [0.15, 0.2) is 5.69 Å². The number of likely N-dealkylation sites (N-methyl/N-ethyl adjacent to an activating group) is 1. The molecule has 0 radical (unpaired) electrons. The van der Waals surface area contributed by atoms with Gasteiger partial charge < -0.3 is 10.2 Å². The summed E-state index contributed by atoms with van der Waals surface area (Å²) in [4.78, 5) is 18.7. The van der Waals surface area contributed by atoms with E-state index in [9.17, 15) is 4.79 Å². The summed E-state index contributed by atoms with van der Waals surface area (Å²) in [5.41, 5.74) is 3.11. The van der Waals surface area contributed by atoms with Crippen LogP contribution in [0.3, 0.4) is 0 Å². The lowest BCUT2D eigenvalue weighted by Crippen LogP contribution is -2.52. The maximum absolute atomic E-state index is 12.2. The molecule has 1 aliphatic heterocycles. The molecule has 6 nitrogen and oxygen atoms in total. The second-order valence-electron chi connectivity index (χ2n) is 4.79. The fourth-order valence-electron chi connectivity index (χ4n) is 2.00. The van der Waals surface area contributed by atoms with Crippen molar-refractivity contribution < 1.29 is 4.79 Å². The molecule has 2 rings (SSSR count). The van der Waals surface area contributed by atoms with Gasteiger partial charge in [-0.05, 0) is 26.1 Å². The lowest BCUT2D eigenvalue weighted by atomic mass is 10.3. The van der Waals surface area contributed by atoms with Gasteiger partial charge in [-0.3, -0.25) is 10.2 Å². The van der Waals surface area contributed by atoms with Gasteiger partial charge in [-0.15, -0.1) is 0 Å². The molecule has 0 bridgehead atoms. The zero-order valence-corrected chi connectivity index (χ0v) is 12.6. The SMILES string of the molecule is CCNc1ccc(Cl)c(C(=O)NN2CCN(C)CC2)n1. The predicted molar refractivity (Wildman–Crippen MR) is 79.9 cm³/mol. The third-order valence-electron chi connectivity index (χ3n) is 3.18. The Hall–Kier alpha value is -1.37. The number of halogens is 1. The summed E-state index contributed by atoms with van der Waals surface area (Å²) >= 11 is 6.05. The first-order valence-corrected chi connectivity index (χ1v) is 7.13. The summed E-state index contributed by atoms with van der Waals surface area (Å²) in [6, 6.07) is 3.45. The summed E-state index contributed by atoms with van der Waals surface area (Å²) in [6.07, 6.45) is 0. The zero-order chi connectivity index (χ0) is 14.5. The molecule has 1 amide bonds. The standard InChI is InChI=1S/C13H20ClN5O/c1-3-15-11-5-4-10(14)12(16-11)13(20)17-19-8-6-18(2)7-9-19/h4-5H,3,6-9H2,1-2H3,(H,15,16)(H,17,20). The molecule has 0 saturated carbocycles. The smallest absolute Gasteiger partial charge is 0.285 e. The van der Waals surface area contributed by atoms with E-state index in [2.05, 4.69) is 27.7 Å². The quantitative estimate of drug-likeness (QED) is 0.870. The van der Waals surface area contributed by atoms with E-state index in [0.29, 0.717) is 10.8 Å². The molecule has 20 heavy (non-hydrogen) atoms. The summed E-state index contributed by atoms with van der Waals surface area (Å²) in [7, 11) is 2.07. The first kappa shape index (κ1) is 15.0. The van der Waals surface area contributed by atoms with E-state index < -0.39 is 0 Å². The topological polar surface area (TPSA) is 60.5 Å². The van der Waals surface area contributed by atoms with Crippen LogP contribution >= 0.6 is 11.6 Å². The number of carbonyl (C=O) groups excluding carboxylic acids is 1. The van der Waals surface area contributed by atoms with Gasteiger partial charge >= 0.3 is 0 Å². The normalized spacial score (nSPS) is 16.9. The Bertz CT molecular complexity index is 474. The minimum atomic E-state index is -0.265. The van der Waals surface area contributed by atoms with E-state index in [1.165, 1.54) is 0 Å². The number of pyridine rings is 1. The minimum Gasteiger partial charge on any atom is -0.370 e. The first-order valence-electron chi connectivity index (χ1n) is 6.75. The van der Waals surface area contributed by atoms with Crippen LogP contribution in [0.1, 0.15) is 17.4 Å². The summed E-state index contributed by atoms with van der Waals surface area (Å²) < 4.78 is 0. The number of piperazine rings is 1. The third-order valence-corrected chi connectivity index (χ3v) is 3.49. The van der Waals surface area contributed by atoms with Crippen molar-refractivity contribution in [2.24, 2.45) is 0 Å². The highest BCUT2D eigenvalue weighted by Crippen LogP contribution is 2.16. The Morgan fingerprint density at radius 3 is 2.70 bits per heavy atom. The Kier molecular flexibility index (Phi) is 5.17. The maximum Gasteiger partial charge on any atom is 0.285 e. The third kappa shape index (κ3) is 3.82. The molecule has 1 fully saturated rings. The van der Waals surface area contributed by atoms with E-state index in [0.717, 1.165) is 32.7 Å². The van der Waals surface area contributed by atoms with E-state index in [4.69, 9.17) is 11.6 Å². The molecular formula is C13H20ClN5O. The number of hydrazine groups is 1. The number of nitrogens with zero attached hydrogens (tertiary/aromatic N) is 3. The molecule has 1 aromatic heterocycles. The Labute approximate surface area is 124 Å². The summed E-state index contributed by atoms with van der Waals surface area (Å²) in [6.45, 7) is 6.17. The molecule has 0 aromatic carbocycles. The minimum absolute atomic E-state index is 0.254. The average molecular weight is 298 g/mol. The van der Waals surface area contributed by atoms with Crippen molar-refractivity contribution in [1.82, 2.24) is 20.3 Å². The highest BCUT2D eigenvalue weighted by atomic mass is 35.5. The highest BCUT2D eigenvalue weighted by molar-refractivity contribution is 6.33. The fraction of sp³-hybridized carbons (Fsp3) is 0.538. The van der Waals surface area contributed by atoms with Gasteiger partial charge in [-0.1, -0.05) is 11.6 Å². The Balaban J connectivity index is 2.03. The Morgan fingerprint density at radius 2 is 2.05 bits per heavy atom. The van der Waals surface area contributed by atoms with Crippen molar-refractivity contribution in [3.8, 4) is 0 Å². The number of hydrogen-bond acceptors (Lipinski definition) is 5. The van der Waals surface area contributed by atoms with Crippen molar-refractivity contribution in [3.63, 3.8) is 0 Å². The molecule has 1 aliphatic rings. The number of amides is 1. The molecule has 110 valence electrons. The number of aromatic nitrogens is 1. The summed E-state index contributed by atoms with van der Waals surface area (Å²) in [5.74, 6) is 0.389. The molecule has 1 aromatic rings. The number of rotatable bonds is 4. The van der Waals surface area contributed by atoms with E-state index in [-0.39, 0.29) is 11.6 Å². The first-order chi connectivity index (χ1) is 9.60. The monoisotopic (exact) mass is 297 g/mol. The molecule has 2 N–H and O–H groups in total. The molecule has 0 spiro atoms. The number of carbonyl (C=O) groups is 1. The van der Waals surface area contributed by atoms with Crippen molar-refractivity contribution >= 4 is 23.3 Å². The van der Waals surface area contributed by atoms with Gasteiger partial charge in [0.1, 0.15) is 5.82 Å². The molecule has 0 aliphatic carbocycles. The van der Waals surface area contributed by atoms with Gasteiger partial charge in [-0.25, -0.2) is 9.99 Å². The molecule has 1 saturated heterocycles. The van der Waals surface area contributed by atoms with Crippen LogP contribution in [0.2, 0.25) is 5.02 Å². The highest BCUT2D eigenvalue weighted by Gasteiger charge is 2.19. The van der Waals surface area contributed by atoms with Crippen molar-refractivity contribution in [3.05, 3.63) is 22.8 Å². The van der Waals surface area contributed by atoms with Crippen LogP contribution in [0.25, 0.3) is 0 Å². The molecule has 7 heteroatoms. The van der Waals surface area contributed by atoms with Gasteiger partial charge in [-0.2, -0.15) is 0 Å². The van der Waals surface area contributed by atoms with E-state index >= 15 is 0 Å². The largest absolute Gasteiger partial charge is 0.370 e. The lowest BCUT2D eigenvalue weighted by molar-refractivity contribution is 0.0658. The van der Waals surface area contributed by atoms with Crippen molar-refractivity contribution in [2.75, 3.05) is 45.1 Å². The van der Waals surface area contributed by atoms with Gasteiger partial charge in [0.05, 0.1) is 5.02 Å². The van der Waals surface area contributed by atoms with Gasteiger partial charge in [0.2, 0.25) is 0 Å². The van der Waals surface area contributed by atoms with E-state index in [1.807, 2.05) is 11.9 Å². The van der Waals surface area contributed by atoms with Crippen molar-refractivity contribution in [1.29, 1.82) is 0 Å². The molecule has 0 unspecified atom stereocenters. The average Bonchev–Trinajstić information content (AvgIpc) is 2.43. The van der Waals surface area contributed by atoms with Crippen LogP contribution in [0.5, 0.6) is 0 Å². The molecule has 0 atom stereocenters. The maximum atomic E-state index is 12.2. The Morgan fingerprint density at radius 1 is 1.35 bits per heavy atom. The van der Waals surface area contributed by atoms with Crippen LogP contribution < -0.4 is 10.7 Å². The second kappa shape index (κ2) is 6.88. The number of nitrogens with one attached hydrogen (secondary N) is 2. The van der Waals surface area contributed by atoms with Crippen LogP contribution in [0.4, 0.5) is 5.82 Å². The van der Waals surface area contributed by atoms with Crippen LogP contribution in [-0.2, 0) is 0 Å². The zero-order valence-electron chi connectivity index (χ0n) is 11.8. The predicted octanol–water partition coefficient (Wildman–Crippen LogP) is 1.06. The van der Waals surface area contributed by atoms with Crippen LogP contribution in [0.15, 0.2) is 12.1 Å². The van der Waals surface area contributed by atoms with Crippen LogP contribution in [-0.4, -0.2) is 60.6 Å². The van der Waals surface area contributed by atoms with E-state index in [1.54, 1.807) is 12.1 Å². The van der Waals surface area contributed by atoms with Crippen LogP contribution in [0, 0.1) is 0 Å². The van der Waals surface area contributed by atoms with Gasteiger partial charge in [0.25, 0.3) is 5.91 Å². The lowest BCUT2D eigenvalue weighted by Gasteiger charge is -2.32. The molecule has 2 heterocycles. The van der Waals surface area contributed by atoms with Crippen molar-refractivity contribution in [2.45, 2.75) is 6.92 Å². The summed E-state index contributed by atoms with van der Waals surface area (Å²) in [5, 5.41) is 5.33. The number of hydrogen-bond donors (Lipinski definition) is 2. The second-order valence-corrected chi connectivity index (χ2v) is 5.20. The van der Waals surface area contributed by atoms with Gasteiger partial charge in [0, 0.05) is 32.7 Å². The number of anilines is 1.